The standard InChI is InChI=1S/C27H29FN6O3/c1-27(2,3)37-26(35)33-13-5-7-19(15-33)34-25-22(24(29)30-16-31-25)23(32-34)17-9-11-20(12-10-17)36-21-8-4-6-18(28)14-21/h4,6,8-12,14,16,19H,5,7,13,15H2,1-3H3,(H2,29,30,31)/t19-/m1/s1. The van der Waals surface area contributed by atoms with Crippen LogP contribution in [0, 0.1) is 5.82 Å². The first-order valence-electron chi connectivity index (χ1n) is 12.2. The first-order chi connectivity index (χ1) is 17.7. The number of halogens is 1. The summed E-state index contributed by atoms with van der Waals surface area (Å²) in [4.78, 5) is 23.1. The van der Waals surface area contributed by atoms with Gasteiger partial charge in [-0.3, -0.25) is 0 Å². The molecule has 1 fully saturated rings. The van der Waals surface area contributed by atoms with Crippen molar-refractivity contribution in [1.82, 2.24) is 24.6 Å². The SMILES string of the molecule is CC(C)(C)OC(=O)N1CCC[C@@H](n2nc(-c3ccc(Oc4cccc(F)c4)cc3)c3c(N)ncnc32)C1. The molecule has 0 spiro atoms. The van der Waals surface area contributed by atoms with Gasteiger partial charge in [0.2, 0.25) is 0 Å². The van der Waals surface area contributed by atoms with Crippen LogP contribution in [-0.2, 0) is 4.74 Å². The van der Waals surface area contributed by atoms with Crippen LogP contribution in [0.3, 0.4) is 0 Å². The van der Waals surface area contributed by atoms with Gasteiger partial charge in [-0.25, -0.2) is 23.8 Å². The number of carbonyl (C=O) groups excluding carboxylic acids is 1. The highest BCUT2D eigenvalue weighted by Crippen LogP contribution is 2.35. The van der Waals surface area contributed by atoms with Crippen LogP contribution in [0.2, 0.25) is 0 Å². The van der Waals surface area contributed by atoms with Gasteiger partial charge in [-0.1, -0.05) is 6.07 Å². The molecule has 0 bridgehead atoms. The summed E-state index contributed by atoms with van der Waals surface area (Å²) in [5.41, 5.74) is 7.76. The molecule has 2 N–H and O–H groups in total. The molecule has 1 aliphatic rings. The summed E-state index contributed by atoms with van der Waals surface area (Å²) >= 11 is 0. The van der Waals surface area contributed by atoms with E-state index in [1.54, 1.807) is 29.2 Å². The summed E-state index contributed by atoms with van der Waals surface area (Å²) < 4.78 is 26.7. The molecule has 37 heavy (non-hydrogen) atoms. The van der Waals surface area contributed by atoms with Crippen molar-refractivity contribution in [3.05, 3.63) is 60.7 Å². The summed E-state index contributed by atoms with van der Waals surface area (Å²) in [5, 5.41) is 5.55. The Morgan fingerprint density at radius 3 is 2.62 bits per heavy atom. The highest BCUT2D eigenvalue weighted by molar-refractivity contribution is 5.98. The van der Waals surface area contributed by atoms with E-state index in [1.807, 2.05) is 37.6 Å². The van der Waals surface area contributed by atoms with Gasteiger partial charge in [0, 0.05) is 24.7 Å². The zero-order valence-corrected chi connectivity index (χ0v) is 21.0. The summed E-state index contributed by atoms with van der Waals surface area (Å²) in [6.45, 7) is 6.64. The maximum Gasteiger partial charge on any atom is 0.410 e. The maximum absolute atomic E-state index is 13.5. The number of carbonyl (C=O) groups is 1. The number of nitrogen functional groups attached to an aromatic ring is 1. The van der Waals surface area contributed by atoms with Gasteiger partial charge >= 0.3 is 6.09 Å². The van der Waals surface area contributed by atoms with Crippen LogP contribution in [0.15, 0.2) is 54.9 Å². The molecule has 1 saturated heterocycles. The van der Waals surface area contributed by atoms with Crippen LogP contribution in [-0.4, -0.2) is 49.4 Å². The van der Waals surface area contributed by atoms with E-state index >= 15 is 0 Å². The number of hydrogen-bond donors (Lipinski definition) is 1. The molecule has 0 aliphatic carbocycles. The normalized spacial score (nSPS) is 16.1. The molecule has 3 heterocycles. The van der Waals surface area contributed by atoms with Gasteiger partial charge in [-0.2, -0.15) is 5.10 Å². The lowest BCUT2D eigenvalue weighted by Gasteiger charge is -2.34. The second-order valence-electron chi connectivity index (χ2n) is 10.1. The number of benzene rings is 2. The van der Waals surface area contributed by atoms with Gasteiger partial charge in [0.1, 0.15) is 40.8 Å². The lowest BCUT2D eigenvalue weighted by molar-refractivity contribution is 0.0169. The minimum atomic E-state index is -0.568. The molecule has 5 rings (SSSR count). The van der Waals surface area contributed by atoms with Crippen molar-refractivity contribution in [2.45, 2.75) is 45.3 Å². The molecule has 2 aromatic heterocycles. The third-order valence-corrected chi connectivity index (χ3v) is 6.07. The fourth-order valence-corrected chi connectivity index (χ4v) is 4.45. The third kappa shape index (κ3) is 5.32. The van der Waals surface area contributed by atoms with E-state index in [4.69, 9.17) is 20.3 Å². The molecule has 4 aromatic rings. The molecule has 0 unspecified atom stereocenters. The zero-order valence-electron chi connectivity index (χ0n) is 21.0. The van der Waals surface area contributed by atoms with E-state index in [1.165, 1.54) is 18.5 Å². The fourth-order valence-electron chi connectivity index (χ4n) is 4.45. The number of piperidine rings is 1. The zero-order chi connectivity index (χ0) is 26.2. The van der Waals surface area contributed by atoms with Crippen LogP contribution in [0.25, 0.3) is 22.3 Å². The van der Waals surface area contributed by atoms with E-state index in [2.05, 4.69) is 9.97 Å². The third-order valence-electron chi connectivity index (χ3n) is 6.07. The van der Waals surface area contributed by atoms with Crippen molar-refractivity contribution >= 4 is 22.9 Å². The molecule has 1 atom stereocenters. The Hall–Kier alpha value is -4.21. The van der Waals surface area contributed by atoms with Gasteiger partial charge in [0.25, 0.3) is 0 Å². The highest BCUT2D eigenvalue weighted by Gasteiger charge is 2.31. The Morgan fingerprint density at radius 1 is 1.11 bits per heavy atom. The Labute approximate surface area is 214 Å². The number of likely N-dealkylation sites (tertiary alicyclic amines) is 1. The summed E-state index contributed by atoms with van der Waals surface area (Å²) in [6.07, 6.45) is 2.73. The minimum absolute atomic E-state index is 0.0950. The Bertz CT molecular complexity index is 1430. The van der Waals surface area contributed by atoms with Crippen LogP contribution < -0.4 is 10.5 Å². The molecule has 1 aliphatic heterocycles. The van der Waals surface area contributed by atoms with Crippen molar-refractivity contribution in [3.63, 3.8) is 0 Å². The number of ether oxygens (including phenoxy) is 2. The highest BCUT2D eigenvalue weighted by atomic mass is 19.1. The van der Waals surface area contributed by atoms with E-state index in [0.717, 1.165) is 18.4 Å². The number of anilines is 1. The Balaban J connectivity index is 1.44. The topological polar surface area (TPSA) is 108 Å². The second-order valence-corrected chi connectivity index (χ2v) is 10.1. The van der Waals surface area contributed by atoms with Gasteiger partial charge in [0.15, 0.2) is 5.65 Å². The summed E-state index contributed by atoms with van der Waals surface area (Å²) in [5.74, 6) is 0.926. The van der Waals surface area contributed by atoms with Crippen molar-refractivity contribution in [2.75, 3.05) is 18.8 Å². The molecular formula is C27H29FN6O3. The predicted molar refractivity (Wildman–Crippen MR) is 138 cm³/mol. The van der Waals surface area contributed by atoms with Crippen molar-refractivity contribution in [3.8, 4) is 22.8 Å². The van der Waals surface area contributed by atoms with Crippen molar-refractivity contribution in [1.29, 1.82) is 0 Å². The van der Waals surface area contributed by atoms with Crippen molar-refractivity contribution in [2.24, 2.45) is 0 Å². The van der Waals surface area contributed by atoms with E-state index in [-0.39, 0.29) is 18.0 Å². The monoisotopic (exact) mass is 504 g/mol. The largest absolute Gasteiger partial charge is 0.457 e. The van der Waals surface area contributed by atoms with Gasteiger partial charge in [-0.15, -0.1) is 0 Å². The number of rotatable bonds is 4. The molecular weight excluding hydrogens is 475 g/mol. The number of fused-ring (bicyclic) bond motifs is 1. The lowest BCUT2D eigenvalue weighted by atomic mass is 10.1. The minimum Gasteiger partial charge on any atom is -0.457 e. The molecule has 9 nitrogen and oxygen atoms in total. The van der Waals surface area contributed by atoms with Crippen LogP contribution in [0.5, 0.6) is 11.5 Å². The van der Waals surface area contributed by atoms with E-state index in [0.29, 0.717) is 47.1 Å². The average molecular weight is 505 g/mol. The predicted octanol–water partition coefficient (Wildman–Crippen LogP) is 5.58. The Kier molecular flexibility index (Phi) is 6.41. The first-order valence-corrected chi connectivity index (χ1v) is 12.2. The van der Waals surface area contributed by atoms with Gasteiger partial charge < -0.3 is 20.1 Å². The van der Waals surface area contributed by atoms with Crippen molar-refractivity contribution < 1.29 is 18.7 Å². The molecule has 1 amide bonds. The molecule has 10 heteroatoms. The van der Waals surface area contributed by atoms with Gasteiger partial charge in [-0.05, 0) is 70.0 Å². The number of aromatic nitrogens is 4. The smallest absolute Gasteiger partial charge is 0.410 e. The summed E-state index contributed by atoms with van der Waals surface area (Å²) in [6, 6.07) is 13.2. The molecule has 2 aromatic carbocycles. The molecule has 0 radical (unpaired) electrons. The molecule has 0 saturated carbocycles. The first kappa shape index (κ1) is 24.5. The van der Waals surface area contributed by atoms with E-state index < -0.39 is 5.60 Å². The number of nitrogens with zero attached hydrogens (tertiary/aromatic N) is 5. The van der Waals surface area contributed by atoms with Crippen LogP contribution in [0.1, 0.15) is 39.7 Å². The number of amides is 1. The lowest BCUT2D eigenvalue weighted by Crippen LogP contribution is -2.43. The van der Waals surface area contributed by atoms with Crippen LogP contribution >= 0.6 is 0 Å². The summed E-state index contributed by atoms with van der Waals surface area (Å²) in [7, 11) is 0. The number of nitrogens with two attached hydrogens (primary N) is 1. The average Bonchev–Trinajstić information content (AvgIpc) is 3.25. The fraction of sp³-hybridized carbons (Fsp3) is 0.333. The number of hydrogen-bond acceptors (Lipinski definition) is 7. The second kappa shape index (κ2) is 9.68. The van der Waals surface area contributed by atoms with Crippen LogP contribution in [0.4, 0.5) is 15.0 Å². The Morgan fingerprint density at radius 2 is 1.89 bits per heavy atom. The molecule has 192 valence electrons. The van der Waals surface area contributed by atoms with E-state index in [9.17, 15) is 9.18 Å². The van der Waals surface area contributed by atoms with Gasteiger partial charge in [0.05, 0.1) is 11.4 Å². The quantitative estimate of drug-likeness (QED) is 0.386. The maximum atomic E-state index is 13.5.